The van der Waals surface area contributed by atoms with E-state index < -0.39 is 0 Å². The highest BCUT2D eigenvalue weighted by Gasteiger charge is 2.20. The van der Waals surface area contributed by atoms with Gasteiger partial charge >= 0.3 is 0 Å². The quantitative estimate of drug-likeness (QED) is 0.175. The predicted molar refractivity (Wildman–Crippen MR) is 124 cm³/mol. The standard InChI is InChI=1S/C26H51N2/c1-6-7-8-9-10-11-12-13-14-15-16-17-18-19-20-21-26-27(24(2)3)22-23-28(26)25(4)5/h22-25H,6-21H2,1-5H3/q+1. The Balaban J connectivity index is 1.99. The van der Waals surface area contributed by atoms with E-state index >= 15 is 0 Å². The Morgan fingerprint density at radius 2 is 1.11 bits per heavy atom. The van der Waals surface area contributed by atoms with E-state index in [0.29, 0.717) is 12.1 Å². The average Bonchev–Trinajstić information content (AvgIpc) is 3.09. The van der Waals surface area contributed by atoms with Gasteiger partial charge in [-0.05, 0) is 34.1 Å². The highest BCUT2D eigenvalue weighted by Crippen LogP contribution is 2.15. The molecule has 1 aromatic heterocycles. The van der Waals surface area contributed by atoms with Crippen LogP contribution in [0.25, 0.3) is 0 Å². The molecule has 164 valence electrons. The van der Waals surface area contributed by atoms with Crippen LogP contribution in [0.2, 0.25) is 0 Å². The molecule has 0 N–H and O–H groups in total. The van der Waals surface area contributed by atoms with Crippen LogP contribution in [0.5, 0.6) is 0 Å². The minimum Gasteiger partial charge on any atom is -0.232 e. The molecular weight excluding hydrogens is 340 g/mol. The summed E-state index contributed by atoms with van der Waals surface area (Å²) in [6, 6.07) is 1.12. The van der Waals surface area contributed by atoms with Gasteiger partial charge in [-0.2, -0.15) is 0 Å². The Labute approximate surface area is 177 Å². The summed E-state index contributed by atoms with van der Waals surface area (Å²) in [5, 5.41) is 0. The third-order valence-corrected chi connectivity index (χ3v) is 6.10. The van der Waals surface area contributed by atoms with Crippen molar-refractivity contribution in [3.8, 4) is 0 Å². The second-order valence-electron chi connectivity index (χ2n) is 9.42. The zero-order chi connectivity index (χ0) is 20.6. The molecule has 0 bridgehead atoms. The van der Waals surface area contributed by atoms with Crippen LogP contribution >= 0.6 is 0 Å². The lowest BCUT2D eigenvalue weighted by molar-refractivity contribution is -0.722. The molecule has 0 aliphatic heterocycles. The zero-order valence-corrected chi connectivity index (χ0v) is 20.0. The van der Waals surface area contributed by atoms with Crippen LogP contribution < -0.4 is 4.57 Å². The molecule has 0 radical (unpaired) electrons. The second-order valence-corrected chi connectivity index (χ2v) is 9.42. The summed E-state index contributed by atoms with van der Waals surface area (Å²) in [6.07, 6.45) is 27.3. The second kappa shape index (κ2) is 16.1. The molecule has 0 fully saturated rings. The van der Waals surface area contributed by atoms with E-state index in [9.17, 15) is 0 Å². The van der Waals surface area contributed by atoms with E-state index in [1.54, 1.807) is 0 Å². The average molecular weight is 392 g/mol. The fraction of sp³-hybridized carbons (Fsp3) is 0.885. The largest absolute Gasteiger partial charge is 0.256 e. The molecule has 0 saturated carbocycles. The molecule has 1 aromatic rings. The van der Waals surface area contributed by atoms with E-state index in [0.717, 1.165) is 0 Å². The monoisotopic (exact) mass is 391 g/mol. The summed E-state index contributed by atoms with van der Waals surface area (Å²) in [5.74, 6) is 1.51. The van der Waals surface area contributed by atoms with Crippen molar-refractivity contribution < 1.29 is 4.57 Å². The van der Waals surface area contributed by atoms with Gasteiger partial charge in [0.15, 0.2) is 0 Å². The predicted octanol–water partition coefficient (Wildman–Crippen LogP) is 8.35. The number of hydrogen-bond donors (Lipinski definition) is 0. The first-order valence-corrected chi connectivity index (χ1v) is 12.7. The third-order valence-electron chi connectivity index (χ3n) is 6.10. The summed E-state index contributed by atoms with van der Waals surface area (Å²) < 4.78 is 4.92. The summed E-state index contributed by atoms with van der Waals surface area (Å²) in [7, 11) is 0. The highest BCUT2D eigenvalue weighted by atomic mass is 15.2. The molecule has 0 unspecified atom stereocenters. The van der Waals surface area contributed by atoms with Crippen LogP contribution in [0, 0.1) is 0 Å². The third kappa shape index (κ3) is 10.7. The van der Waals surface area contributed by atoms with Crippen LogP contribution in [-0.2, 0) is 6.42 Å². The first kappa shape index (κ1) is 25.2. The van der Waals surface area contributed by atoms with E-state index in [1.165, 1.54) is 109 Å². The summed E-state index contributed by atoms with van der Waals surface area (Å²) in [4.78, 5) is 0. The van der Waals surface area contributed by atoms with Crippen molar-refractivity contribution in [1.29, 1.82) is 0 Å². The normalized spacial score (nSPS) is 11.8. The molecule has 28 heavy (non-hydrogen) atoms. The van der Waals surface area contributed by atoms with Crippen LogP contribution in [0.4, 0.5) is 0 Å². The van der Waals surface area contributed by atoms with Gasteiger partial charge in [-0.15, -0.1) is 0 Å². The fourth-order valence-corrected chi connectivity index (χ4v) is 4.30. The number of hydrogen-bond acceptors (Lipinski definition) is 0. The number of aromatic nitrogens is 2. The van der Waals surface area contributed by atoms with Gasteiger partial charge in [0.2, 0.25) is 0 Å². The maximum absolute atomic E-state index is 2.46. The number of rotatable bonds is 18. The van der Waals surface area contributed by atoms with Crippen LogP contribution in [-0.4, -0.2) is 4.57 Å². The summed E-state index contributed by atoms with van der Waals surface area (Å²) in [6.45, 7) is 11.5. The highest BCUT2D eigenvalue weighted by molar-refractivity contribution is 4.87. The first-order valence-electron chi connectivity index (χ1n) is 12.7. The Hall–Kier alpha value is -0.790. The topological polar surface area (TPSA) is 8.81 Å². The van der Waals surface area contributed by atoms with Gasteiger partial charge < -0.3 is 0 Å². The van der Waals surface area contributed by atoms with Gasteiger partial charge in [-0.3, -0.25) is 0 Å². The smallest absolute Gasteiger partial charge is 0.232 e. The Bertz CT molecular complexity index is 447. The van der Waals surface area contributed by atoms with Crippen LogP contribution in [0.1, 0.15) is 149 Å². The lowest BCUT2D eigenvalue weighted by Crippen LogP contribution is -2.39. The number of imidazole rings is 1. The minimum absolute atomic E-state index is 0.561. The Kier molecular flexibility index (Phi) is 14.5. The van der Waals surface area contributed by atoms with E-state index in [1.807, 2.05) is 0 Å². The molecule has 2 nitrogen and oxygen atoms in total. The molecule has 0 amide bonds. The van der Waals surface area contributed by atoms with Gasteiger partial charge in [0.25, 0.3) is 5.82 Å². The van der Waals surface area contributed by atoms with Gasteiger partial charge in [0.05, 0.1) is 12.1 Å². The van der Waals surface area contributed by atoms with Gasteiger partial charge in [0, 0.05) is 6.42 Å². The van der Waals surface area contributed by atoms with Gasteiger partial charge in [0.1, 0.15) is 12.4 Å². The maximum atomic E-state index is 2.46. The van der Waals surface area contributed by atoms with Crippen molar-refractivity contribution in [2.75, 3.05) is 0 Å². The Morgan fingerprint density at radius 1 is 0.679 bits per heavy atom. The molecule has 0 saturated heterocycles. The summed E-state index contributed by atoms with van der Waals surface area (Å²) in [5.41, 5.74) is 0. The first-order chi connectivity index (χ1) is 13.6. The maximum Gasteiger partial charge on any atom is 0.256 e. The molecule has 1 heterocycles. The molecule has 0 atom stereocenters. The minimum atomic E-state index is 0.561. The molecule has 0 aliphatic carbocycles. The summed E-state index contributed by atoms with van der Waals surface area (Å²) >= 11 is 0. The van der Waals surface area contributed by atoms with Crippen molar-refractivity contribution in [2.45, 2.75) is 149 Å². The lowest BCUT2D eigenvalue weighted by Gasteiger charge is -2.10. The SMILES string of the molecule is CCCCCCCCCCCCCCCCCc1n(C(C)C)cc[n+]1C(C)C. The van der Waals surface area contributed by atoms with Gasteiger partial charge in [-0.1, -0.05) is 96.8 Å². The van der Waals surface area contributed by atoms with E-state index in [2.05, 4.69) is 56.1 Å². The molecular formula is C26H51N2+. The molecule has 0 aliphatic rings. The van der Waals surface area contributed by atoms with Crippen LogP contribution in [0.3, 0.4) is 0 Å². The molecule has 1 rings (SSSR count). The van der Waals surface area contributed by atoms with Crippen molar-refractivity contribution in [3.05, 3.63) is 18.2 Å². The zero-order valence-electron chi connectivity index (χ0n) is 20.0. The van der Waals surface area contributed by atoms with Crippen molar-refractivity contribution in [1.82, 2.24) is 4.57 Å². The number of nitrogens with zero attached hydrogens (tertiary/aromatic N) is 2. The fourth-order valence-electron chi connectivity index (χ4n) is 4.30. The van der Waals surface area contributed by atoms with E-state index in [-0.39, 0.29) is 0 Å². The van der Waals surface area contributed by atoms with Crippen LogP contribution in [0.15, 0.2) is 12.4 Å². The van der Waals surface area contributed by atoms with Crippen molar-refractivity contribution >= 4 is 0 Å². The molecule has 0 aromatic carbocycles. The lowest BCUT2D eigenvalue weighted by atomic mass is 10.0. The molecule has 2 heteroatoms. The number of unbranched alkanes of at least 4 members (excludes halogenated alkanes) is 14. The van der Waals surface area contributed by atoms with E-state index in [4.69, 9.17) is 0 Å². The van der Waals surface area contributed by atoms with Crippen molar-refractivity contribution in [3.63, 3.8) is 0 Å². The van der Waals surface area contributed by atoms with Gasteiger partial charge in [-0.25, -0.2) is 9.13 Å². The Morgan fingerprint density at radius 3 is 1.50 bits per heavy atom. The molecule has 0 spiro atoms. The van der Waals surface area contributed by atoms with Crippen molar-refractivity contribution in [2.24, 2.45) is 0 Å².